The molecule has 0 N–H and O–H groups in total. The van der Waals surface area contributed by atoms with Crippen LogP contribution in [0.2, 0.25) is 5.02 Å². The predicted octanol–water partition coefficient (Wildman–Crippen LogP) is 4.98. The van der Waals surface area contributed by atoms with Gasteiger partial charge in [-0.25, -0.2) is 14.6 Å². The number of thiazole rings is 1. The molecule has 0 saturated carbocycles. The van der Waals surface area contributed by atoms with Crippen molar-refractivity contribution in [2.24, 2.45) is 4.99 Å². The number of hydrogen-bond acceptors (Lipinski definition) is 10. The van der Waals surface area contributed by atoms with Crippen LogP contribution in [0.25, 0.3) is 6.08 Å². The van der Waals surface area contributed by atoms with Gasteiger partial charge in [-0.2, -0.15) is 0 Å². The lowest BCUT2D eigenvalue weighted by Crippen LogP contribution is -2.40. The van der Waals surface area contributed by atoms with Crippen LogP contribution in [-0.2, 0) is 25.7 Å². The Kier molecular flexibility index (Phi) is 10.8. The number of carbonyl (C=O) groups is 2. The molecule has 0 radical (unpaired) electrons. The van der Waals surface area contributed by atoms with Gasteiger partial charge in [-0.1, -0.05) is 59.3 Å². The normalized spacial score (nSPS) is 14.2. The zero-order valence-corrected chi connectivity index (χ0v) is 27.9. The number of carbonyl (C=O) groups excluding carboxylic acids is 2. The molecule has 0 spiro atoms. The number of nitrogens with zero attached hydrogens (tertiary/aromatic N) is 2. The van der Waals surface area contributed by atoms with E-state index in [2.05, 4.69) is 9.73 Å². The number of halogens is 1. The molecule has 0 fully saturated rings. The molecule has 4 aromatic rings. The number of ether oxygens (including phenoxy) is 5. The van der Waals surface area contributed by atoms with E-state index in [1.165, 1.54) is 23.0 Å². The summed E-state index contributed by atoms with van der Waals surface area (Å²) >= 11 is 7.46. The Morgan fingerprint density at radius 3 is 2.45 bits per heavy atom. The van der Waals surface area contributed by atoms with Gasteiger partial charge in [0.2, 0.25) is 0 Å². The fourth-order valence-electron chi connectivity index (χ4n) is 4.97. The van der Waals surface area contributed by atoms with Crippen LogP contribution >= 0.6 is 22.9 Å². The molecule has 1 aliphatic heterocycles. The van der Waals surface area contributed by atoms with Crippen molar-refractivity contribution in [1.82, 2.24) is 4.57 Å². The summed E-state index contributed by atoms with van der Waals surface area (Å²) in [6, 6.07) is 19.0. The van der Waals surface area contributed by atoms with Crippen LogP contribution in [0.5, 0.6) is 17.2 Å². The molecular formula is C35H33ClN2O8S. The van der Waals surface area contributed by atoms with Gasteiger partial charge in [0.15, 0.2) is 22.9 Å². The average molecular weight is 677 g/mol. The van der Waals surface area contributed by atoms with E-state index in [-0.39, 0.29) is 24.3 Å². The summed E-state index contributed by atoms with van der Waals surface area (Å²) in [6.45, 7) is 5.71. The number of methoxy groups -OCH3 is 1. The van der Waals surface area contributed by atoms with E-state index in [1.54, 1.807) is 38.1 Å². The average Bonchev–Trinajstić information content (AvgIpc) is 3.37. The Hall–Kier alpha value is -4.87. The van der Waals surface area contributed by atoms with E-state index in [0.717, 1.165) is 11.1 Å². The molecule has 10 nitrogen and oxygen atoms in total. The number of fused-ring (bicyclic) bond motifs is 1. The van der Waals surface area contributed by atoms with Crippen molar-refractivity contribution in [2.75, 3.05) is 26.9 Å². The monoisotopic (exact) mass is 676 g/mol. The minimum absolute atomic E-state index is 0.148. The Morgan fingerprint density at radius 1 is 0.979 bits per heavy atom. The lowest BCUT2D eigenvalue weighted by atomic mass is 9.95. The van der Waals surface area contributed by atoms with Crippen LogP contribution in [0, 0.1) is 0 Å². The molecule has 12 heteroatoms. The third-order valence-electron chi connectivity index (χ3n) is 7.20. The quantitative estimate of drug-likeness (QED) is 0.193. The molecule has 5 rings (SSSR count). The highest BCUT2D eigenvalue weighted by Crippen LogP contribution is 2.36. The fraction of sp³-hybridized carbons (Fsp3) is 0.257. The minimum Gasteiger partial charge on any atom is -0.490 e. The predicted molar refractivity (Wildman–Crippen MR) is 178 cm³/mol. The van der Waals surface area contributed by atoms with Gasteiger partial charge in [0.25, 0.3) is 5.56 Å². The van der Waals surface area contributed by atoms with E-state index in [9.17, 15) is 14.4 Å². The Labute approximate surface area is 280 Å². The van der Waals surface area contributed by atoms with Gasteiger partial charge < -0.3 is 23.7 Å². The molecule has 2 heterocycles. The molecule has 1 atom stereocenters. The summed E-state index contributed by atoms with van der Waals surface area (Å²) in [5, 5.41) is 0.635. The van der Waals surface area contributed by atoms with E-state index < -0.39 is 18.0 Å². The summed E-state index contributed by atoms with van der Waals surface area (Å²) in [5.41, 5.74) is 2.58. The third kappa shape index (κ3) is 7.58. The summed E-state index contributed by atoms with van der Waals surface area (Å²) in [5.74, 6) is 0.176. The van der Waals surface area contributed by atoms with Gasteiger partial charge in [0.05, 0.1) is 42.2 Å². The second-order valence-electron chi connectivity index (χ2n) is 10.3. The Morgan fingerprint density at radius 2 is 1.74 bits per heavy atom. The molecule has 244 valence electrons. The van der Waals surface area contributed by atoms with Crippen molar-refractivity contribution >= 4 is 41.0 Å². The van der Waals surface area contributed by atoms with Gasteiger partial charge in [-0.3, -0.25) is 9.36 Å². The van der Waals surface area contributed by atoms with E-state index in [1.807, 2.05) is 55.5 Å². The standard InChI is InChI=1S/C35H33ClN2O8S/c1-5-43-28-18-23(13-16-27(28)46-20-30(39)42-4)32-31(34(41)44-6-2)21(3)37-35-38(32)33(40)29(47-35)17-22-11-14-25(15-12-22)45-19-24-9-7-8-10-26(24)36/h7-18,32H,5-6,19-20H2,1-4H3/b29-17-/t32-/m0/s1. The van der Waals surface area contributed by atoms with E-state index in [4.69, 9.17) is 30.5 Å². The maximum absolute atomic E-state index is 14.0. The molecular weight excluding hydrogens is 644 g/mol. The SMILES string of the molecule is CCOC(=O)C1=C(C)N=c2s/c(=C\c3ccc(OCc4ccccc4Cl)cc3)c(=O)n2[C@H]1c1ccc(OCC(=O)OC)c(OCC)c1. The van der Waals surface area contributed by atoms with Crippen molar-refractivity contribution < 1.29 is 33.3 Å². The van der Waals surface area contributed by atoms with Gasteiger partial charge in [-0.05, 0) is 68.3 Å². The van der Waals surface area contributed by atoms with Crippen LogP contribution in [0.15, 0.2) is 87.8 Å². The Bertz CT molecular complexity index is 2000. The minimum atomic E-state index is -0.859. The lowest BCUT2D eigenvalue weighted by molar-refractivity contribution is -0.143. The highest BCUT2D eigenvalue weighted by atomic mass is 35.5. The second-order valence-corrected chi connectivity index (χ2v) is 11.7. The highest BCUT2D eigenvalue weighted by Gasteiger charge is 2.34. The second kappa shape index (κ2) is 15.1. The molecule has 0 bridgehead atoms. The lowest BCUT2D eigenvalue weighted by Gasteiger charge is -2.25. The Balaban J connectivity index is 1.52. The van der Waals surface area contributed by atoms with Crippen LogP contribution in [0.1, 0.15) is 43.5 Å². The number of allylic oxidation sites excluding steroid dienone is 1. The first kappa shape index (κ1) is 33.5. The van der Waals surface area contributed by atoms with Crippen molar-refractivity contribution in [3.05, 3.63) is 119 Å². The number of aromatic nitrogens is 1. The molecule has 1 aliphatic rings. The molecule has 0 amide bonds. The van der Waals surface area contributed by atoms with Crippen molar-refractivity contribution in [2.45, 2.75) is 33.4 Å². The van der Waals surface area contributed by atoms with Gasteiger partial charge in [-0.15, -0.1) is 0 Å². The first-order chi connectivity index (χ1) is 22.7. The van der Waals surface area contributed by atoms with Crippen LogP contribution < -0.4 is 29.1 Å². The molecule has 0 aliphatic carbocycles. The zero-order chi connectivity index (χ0) is 33.5. The van der Waals surface area contributed by atoms with Gasteiger partial charge >= 0.3 is 11.9 Å². The van der Waals surface area contributed by atoms with Crippen molar-refractivity contribution in [3.8, 4) is 17.2 Å². The molecule has 0 unspecified atom stereocenters. The first-order valence-electron chi connectivity index (χ1n) is 14.9. The smallest absolute Gasteiger partial charge is 0.343 e. The number of rotatable bonds is 12. The van der Waals surface area contributed by atoms with Crippen molar-refractivity contribution in [1.29, 1.82) is 0 Å². The highest BCUT2D eigenvalue weighted by molar-refractivity contribution is 7.07. The largest absolute Gasteiger partial charge is 0.490 e. The summed E-state index contributed by atoms with van der Waals surface area (Å²) in [4.78, 5) is 44.1. The third-order valence-corrected chi connectivity index (χ3v) is 8.56. The first-order valence-corrected chi connectivity index (χ1v) is 16.1. The summed E-state index contributed by atoms with van der Waals surface area (Å²) in [6.07, 6.45) is 1.78. The van der Waals surface area contributed by atoms with Gasteiger partial charge in [0, 0.05) is 10.6 Å². The van der Waals surface area contributed by atoms with Crippen LogP contribution in [0.4, 0.5) is 0 Å². The van der Waals surface area contributed by atoms with E-state index >= 15 is 0 Å². The number of esters is 2. The van der Waals surface area contributed by atoms with Crippen molar-refractivity contribution in [3.63, 3.8) is 0 Å². The molecule has 1 aromatic heterocycles. The summed E-state index contributed by atoms with van der Waals surface area (Å²) < 4.78 is 29.4. The fourth-order valence-corrected chi connectivity index (χ4v) is 6.21. The molecule has 0 saturated heterocycles. The van der Waals surface area contributed by atoms with E-state index in [0.29, 0.717) is 56.1 Å². The molecule has 3 aromatic carbocycles. The maximum atomic E-state index is 14.0. The van der Waals surface area contributed by atoms with Gasteiger partial charge in [0.1, 0.15) is 12.4 Å². The van der Waals surface area contributed by atoms with Crippen LogP contribution in [-0.4, -0.2) is 43.4 Å². The molecule has 47 heavy (non-hydrogen) atoms. The van der Waals surface area contributed by atoms with Crippen LogP contribution in [0.3, 0.4) is 0 Å². The maximum Gasteiger partial charge on any atom is 0.343 e. The topological polar surface area (TPSA) is 115 Å². The zero-order valence-electron chi connectivity index (χ0n) is 26.3. The number of hydrogen-bond donors (Lipinski definition) is 0. The summed E-state index contributed by atoms with van der Waals surface area (Å²) in [7, 11) is 1.27. The number of benzene rings is 3.